The van der Waals surface area contributed by atoms with Gasteiger partial charge in [0.05, 0.1) is 11.9 Å². The summed E-state index contributed by atoms with van der Waals surface area (Å²) in [6.45, 7) is 7.56. The first-order chi connectivity index (χ1) is 14.3. The second kappa shape index (κ2) is 8.20. The van der Waals surface area contributed by atoms with Crippen molar-refractivity contribution in [2.45, 2.75) is 20.4 Å². The van der Waals surface area contributed by atoms with Crippen molar-refractivity contribution >= 4 is 27.6 Å². The average molecular weight is 426 g/mol. The molecule has 4 rings (SSSR count). The molecule has 0 radical (unpaired) electrons. The average Bonchev–Trinajstić information content (AvgIpc) is 3.05. The van der Waals surface area contributed by atoms with Gasteiger partial charge in [0.2, 0.25) is 0 Å². The van der Waals surface area contributed by atoms with E-state index in [4.69, 9.17) is 4.98 Å². The predicted octanol–water partition coefficient (Wildman–Crippen LogP) is 3.07. The summed E-state index contributed by atoms with van der Waals surface area (Å²) in [4.78, 5) is 40.4. The summed E-state index contributed by atoms with van der Waals surface area (Å²) in [5, 5.41) is 0.673. The smallest absolute Gasteiger partial charge is 0.319 e. The molecule has 30 heavy (non-hydrogen) atoms. The SMILES string of the molecule is Cc1ccc(-c2c(C)sc3nc(CN4CCN(C(=O)N(C)C)CC4)[nH]c(=O)c23)cc1. The van der Waals surface area contributed by atoms with E-state index in [9.17, 15) is 9.59 Å². The predicted molar refractivity (Wildman–Crippen MR) is 121 cm³/mol. The second-order valence-corrected chi connectivity index (χ2v) is 9.24. The zero-order valence-corrected chi connectivity index (χ0v) is 18.7. The number of aromatic nitrogens is 2. The molecule has 3 aromatic rings. The van der Waals surface area contributed by atoms with Crippen molar-refractivity contribution in [1.82, 2.24) is 24.7 Å². The van der Waals surface area contributed by atoms with E-state index in [1.54, 1.807) is 30.3 Å². The molecule has 2 amide bonds. The summed E-state index contributed by atoms with van der Waals surface area (Å²) in [6, 6.07) is 8.29. The Morgan fingerprint density at radius 2 is 1.80 bits per heavy atom. The van der Waals surface area contributed by atoms with Gasteiger partial charge in [0.15, 0.2) is 0 Å². The maximum atomic E-state index is 13.0. The maximum absolute atomic E-state index is 13.0. The van der Waals surface area contributed by atoms with Crippen LogP contribution in [0.5, 0.6) is 0 Å². The minimum atomic E-state index is -0.0867. The van der Waals surface area contributed by atoms with Crippen LogP contribution in [0.15, 0.2) is 29.1 Å². The first-order valence-corrected chi connectivity index (χ1v) is 10.9. The molecule has 1 aliphatic heterocycles. The van der Waals surface area contributed by atoms with Gasteiger partial charge in [0.25, 0.3) is 5.56 Å². The molecule has 1 saturated heterocycles. The van der Waals surface area contributed by atoms with Crippen LogP contribution in [0.1, 0.15) is 16.3 Å². The van der Waals surface area contributed by atoms with Crippen LogP contribution >= 0.6 is 11.3 Å². The molecule has 1 N–H and O–H groups in total. The largest absolute Gasteiger partial charge is 0.331 e. The summed E-state index contributed by atoms with van der Waals surface area (Å²) < 4.78 is 0. The van der Waals surface area contributed by atoms with Gasteiger partial charge in [-0.1, -0.05) is 29.8 Å². The number of aryl methyl sites for hydroxylation is 2. The van der Waals surface area contributed by atoms with Crippen LogP contribution < -0.4 is 5.56 Å². The monoisotopic (exact) mass is 425 g/mol. The summed E-state index contributed by atoms with van der Waals surface area (Å²) in [5.41, 5.74) is 3.13. The lowest BCUT2D eigenvalue weighted by Gasteiger charge is -2.35. The number of nitrogens with zero attached hydrogens (tertiary/aromatic N) is 4. The van der Waals surface area contributed by atoms with Gasteiger partial charge in [0, 0.05) is 50.7 Å². The van der Waals surface area contributed by atoms with Gasteiger partial charge in [-0.3, -0.25) is 9.69 Å². The molecule has 0 saturated carbocycles. The first kappa shape index (κ1) is 20.6. The lowest BCUT2D eigenvalue weighted by molar-refractivity contribution is 0.118. The van der Waals surface area contributed by atoms with Gasteiger partial charge in [-0.05, 0) is 19.4 Å². The molecule has 1 aromatic carbocycles. The normalized spacial score (nSPS) is 15.0. The minimum absolute atomic E-state index is 0.0419. The van der Waals surface area contributed by atoms with E-state index in [1.165, 1.54) is 5.56 Å². The molecular weight excluding hydrogens is 398 g/mol. The maximum Gasteiger partial charge on any atom is 0.319 e. The van der Waals surface area contributed by atoms with Crippen molar-refractivity contribution in [3.8, 4) is 11.1 Å². The molecule has 3 heterocycles. The number of carbonyl (C=O) groups excluding carboxylic acids is 1. The molecule has 1 fully saturated rings. The third-order valence-corrected chi connectivity index (χ3v) is 6.53. The molecule has 1 aliphatic rings. The number of piperazine rings is 1. The van der Waals surface area contributed by atoms with E-state index in [0.717, 1.165) is 33.9 Å². The first-order valence-electron chi connectivity index (χ1n) is 10.1. The Morgan fingerprint density at radius 1 is 1.13 bits per heavy atom. The molecule has 158 valence electrons. The fourth-order valence-corrected chi connectivity index (χ4v) is 4.96. The number of benzene rings is 1. The van der Waals surface area contributed by atoms with E-state index in [-0.39, 0.29) is 11.6 Å². The Labute approximate surface area is 179 Å². The Hall–Kier alpha value is -2.71. The van der Waals surface area contributed by atoms with Crippen LogP contribution in [-0.4, -0.2) is 71.0 Å². The number of carbonyl (C=O) groups is 1. The second-order valence-electron chi connectivity index (χ2n) is 8.03. The zero-order chi connectivity index (χ0) is 21.4. The molecule has 0 spiro atoms. The number of rotatable bonds is 3. The summed E-state index contributed by atoms with van der Waals surface area (Å²) in [6.07, 6.45) is 0. The lowest BCUT2D eigenvalue weighted by Crippen LogP contribution is -2.51. The Kier molecular flexibility index (Phi) is 5.62. The number of urea groups is 1. The quantitative estimate of drug-likeness (QED) is 0.700. The highest BCUT2D eigenvalue weighted by Crippen LogP contribution is 2.35. The zero-order valence-electron chi connectivity index (χ0n) is 17.9. The number of amides is 2. The number of thiophene rings is 1. The van der Waals surface area contributed by atoms with Crippen molar-refractivity contribution in [2.75, 3.05) is 40.3 Å². The van der Waals surface area contributed by atoms with E-state index >= 15 is 0 Å². The lowest BCUT2D eigenvalue weighted by atomic mass is 10.0. The molecule has 0 unspecified atom stereocenters. The van der Waals surface area contributed by atoms with Gasteiger partial charge < -0.3 is 14.8 Å². The van der Waals surface area contributed by atoms with E-state index < -0.39 is 0 Å². The highest BCUT2D eigenvalue weighted by molar-refractivity contribution is 7.19. The number of H-pyrrole nitrogens is 1. The van der Waals surface area contributed by atoms with Gasteiger partial charge >= 0.3 is 6.03 Å². The molecule has 8 heteroatoms. The number of hydrogen-bond acceptors (Lipinski definition) is 5. The van der Waals surface area contributed by atoms with Gasteiger partial charge in [0.1, 0.15) is 10.7 Å². The van der Waals surface area contributed by atoms with Crippen LogP contribution in [-0.2, 0) is 6.54 Å². The fraction of sp³-hybridized carbons (Fsp3) is 0.409. The third kappa shape index (κ3) is 3.97. The Morgan fingerprint density at radius 3 is 2.43 bits per heavy atom. The number of fused-ring (bicyclic) bond motifs is 1. The van der Waals surface area contributed by atoms with Crippen LogP contribution in [0, 0.1) is 13.8 Å². The molecule has 2 aromatic heterocycles. The van der Waals surface area contributed by atoms with Crippen molar-refractivity contribution < 1.29 is 4.79 Å². The van der Waals surface area contributed by atoms with Crippen LogP contribution in [0.25, 0.3) is 21.3 Å². The number of nitrogens with one attached hydrogen (secondary N) is 1. The molecule has 7 nitrogen and oxygen atoms in total. The van der Waals surface area contributed by atoms with Crippen LogP contribution in [0.2, 0.25) is 0 Å². The highest BCUT2D eigenvalue weighted by Gasteiger charge is 2.23. The Balaban J connectivity index is 1.56. The standard InChI is InChI=1S/C22H27N5O2S/c1-14-5-7-16(8-6-14)18-15(2)30-21-19(18)20(28)23-17(24-21)13-26-9-11-27(12-10-26)22(29)25(3)4/h5-8H,9-13H2,1-4H3,(H,23,24,28). The molecule has 0 atom stereocenters. The Bertz CT molecular complexity index is 1120. The number of hydrogen-bond donors (Lipinski definition) is 1. The van der Waals surface area contributed by atoms with Crippen molar-refractivity contribution in [1.29, 1.82) is 0 Å². The third-order valence-electron chi connectivity index (χ3n) is 5.53. The van der Waals surface area contributed by atoms with E-state index in [0.29, 0.717) is 30.8 Å². The van der Waals surface area contributed by atoms with E-state index in [1.807, 2.05) is 11.8 Å². The van der Waals surface area contributed by atoms with E-state index in [2.05, 4.69) is 41.1 Å². The summed E-state index contributed by atoms with van der Waals surface area (Å²) >= 11 is 1.57. The van der Waals surface area contributed by atoms with Crippen molar-refractivity contribution in [3.05, 3.63) is 50.9 Å². The molecular formula is C22H27N5O2S. The topological polar surface area (TPSA) is 72.5 Å². The summed E-state index contributed by atoms with van der Waals surface area (Å²) in [5.74, 6) is 0.677. The highest BCUT2D eigenvalue weighted by atomic mass is 32.1. The van der Waals surface area contributed by atoms with Gasteiger partial charge in [-0.25, -0.2) is 9.78 Å². The molecule has 0 bridgehead atoms. The summed E-state index contributed by atoms with van der Waals surface area (Å²) in [7, 11) is 3.54. The molecule has 0 aliphatic carbocycles. The van der Waals surface area contributed by atoms with Gasteiger partial charge in [-0.2, -0.15) is 0 Å². The minimum Gasteiger partial charge on any atom is -0.331 e. The van der Waals surface area contributed by atoms with Crippen LogP contribution in [0.4, 0.5) is 4.79 Å². The van der Waals surface area contributed by atoms with Crippen molar-refractivity contribution in [2.24, 2.45) is 0 Å². The van der Waals surface area contributed by atoms with Crippen LogP contribution in [0.3, 0.4) is 0 Å². The number of aromatic amines is 1. The van der Waals surface area contributed by atoms with Gasteiger partial charge in [-0.15, -0.1) is 11.3 Å². The van der Waals surface area contributed by atoms with Crippen molar-refractivity contribution in [3.63, 3.8) is 0 Å². The fourth-order valence-electron chi connectivity index (χ4n) is 3.90.